The zero-order valence-corrected chi connectivity index (χ0v) is 11.0. The molecule has 0 saturated carbocycles. The highest BCUT2D eigenvalue weighted by atomic mass is 32.1. The average molecular weight is 254 g/mol. The Balaban J connectivity index is 2.25. The minimum atomic E-state index is 0.661. The molecule has 1 aromatic heterocycles. The van der Waals surface area contributed by atoms with Crippen molar-refractivity contribution in [3.63, 3.8) is 0 Å². The van der Waals surface area contributed by atoms with Crippen LogP contribution in [0.15, 0.2) is 54.6 Å². The molecule has 1 heterocycles. The molecule has 2 heteroatoms. The molecular formula is C16H14OS. The second-order valence-electron chi connectivity index (χ2n) is 4.20. The van der Waals surface area contributed by atoms with Crippen LogP contribution in [-0.4, -0.2) is 7.11 Å². The first-order chi connectivity index (χ1) is 8.90. The molecular weight excluding hydrogens is 240 g/mol. The number of ether oxygens (including phenoxy) is 1. The van der Waals surface area contributed by atoms with E-state index >= 15 is 0 Å². The summed E-state index contributed by atoms with van der Waals surface area (Å²) < 4.78 is 6.69. The summed E-state index contributed by atoms with van der Waals surface area (Å²) in [5, 5.41) is 1.31. The van der Waals surface area contributed by atoms with E-state index in [2.05, 4.69) is 48.5 Å². The lowest BCUT2D eigenvalue weighted by molar-refractivity contribution is 0.186. The molecule has 0 aliphatic rings. The predicted molar refractivity (Wildman–Crippen MR) is 78.0 cm³/mol. The van der Waals surface area contributed by atoms with Crippen molar-refractivity contribution >= 4 is 21.4 Å². The van der Waals surface area contributed by atoms with Gasteiger partial charge in [0, 0.05) is 22.3 Å². The van der Waals surface area contributed by atoms with Gasteiger partial charge in [0.25, 0.3) is 0 Å². The van der Waals surface area contributed by atoms with E-state index in [4.69, 9.17) is 4.74 Å². The molecule has 0 aliphatic carbocycles. The third kappa shape index (κ3) is 1.94. The maximum absolute atomic E-state index is 5.36. The van der Waals surface area contributed by atoms with E-state index in [0.717, 1.165) is 0 Å². The Kier molecular flexibility index (Phi) is 3.13. The van der Waals surface area contributed by atoms with Gasteiger partial charge in [-0.3, -0.25) is 0 Å². The average Bonchev–Trinajstić information content (AvgIpc) is 2.80. The first-order valence-electron chi connectivity index (χ1n) is 5.95. The standard InChI is InChI=1S/C16H14OS/c1-17-11-14-13-9-5-6-10-15(13)18-16(14)12-7-3-2-4-8-12/h2-10H,11H2,1H3. The molecule has 0 amide bonds. The second kappa shape index (κ2) is 4.92. The maximum Gasteiger partial charge on any atom is 0.0733 e. The smallest absolute Gasteiger partial charge is 0.0733 e. The van der Waals surface area contributed by atoms with Gasteiger partial charge >= 0.3 is 0 Å². The number of thiophene rings is 1. The summed E-state index contributed by atoms with van der Waals surface area (Å²) in [6, 6.07) is 19.0. The SMILES string of the molecule is COCc1c(-c2ccccc2)sc2ccccc12. The lowest BCUT2D eigenvalue weighted by atomic mass is 10.1. The first-order valence-corrected chi connectivity index (χ1v) is 6.76. The van der Waals surface area contributed by atoms with Gasteiger partial charge in [0.2, 0.25) is 0 Å². The van der Waals surface area contributed by atoms with Crippen LogP contribution in [0.2, 0.25) is 0 Å². The van der Waals surface area contributed by atoms with Gasteiger partial charge in [-0.2, -0.15) is 0 Å². The van der Waals surface area contributed by atoms with Crippen LogP contribution in [0.25, 0.3) is 20.5 Å². The monoisotopic (exact) mass is 254 g/mol. The summed E-state index contributed by atoms with van der Waals surface area (Å²) in [7, 11) is 1.75. The van der Waals surface area contributed by atoms with E-state index in [9.17, 15) is 0 Å². The lowest BCUT2D eigenvalue weighted by Gasteiger charge is -2.03. The first kappa shape index (κ1) is 11.5. The molecule has 0 radical (unpaired) electrons. The largest absolute Gasteiger partial charge is 0.380 e. The minimum absolute atomic E-state index is 0.661. The highest BCUT2D eigenvalue weighted by molar-refractivity contribution is 7.22. The van der Waals surface area contributed by atoms with E-state index in [1.54, 1.807) is 7.11 Å². The van der Waals surface area contributed by atoms with Gasteiger partial charge in [0.05, 0.1) is 6.61 Å². The highest BCUT2D eigenvalue weighted by Gasteiger charge is 2.12. The third-order valence-electron chi connectivity index (χ3n) is 3.02. The topological polar surface area (TPSA) is 9.23 Å². The number of hydrogen-bond donors (Lipinski definition) is 0. The molecule has 2 aromatic carbocycles. The number of fused-ring (bicyclic) bond motifs is 1. The fourth-order valence-electron chi connectivity index (χ4n) is 2.21. The molecule has 0 aliphatic heterocycles. The minimum Gasteiger partial charge on any atom is -0.380 e. The summed E-state index contributed by atoms with van der Waals surface area (Å²) in [6.07, 6.45) is 0. The van der Waals surface area contributed by atoms with Gasteiger partial charge < -0.3 is 4.74 Å². The van der Waals surface area contributed by atoms with Crippen molar-refractivity contribution in [2.45, 2.75) is 6.61 Å². The highest BCUT2D eigenvalue weighted by Crippen LogP contribution is 2.38. The van der Waals surface area contributed by atoms with Crippen LogP contribution in [0.5, 0.6) is 0 Å². The van der Waals surface area contributed by atoms with E-state index in [0.29, 0.717) is 6.61 Å². The molecule has 0 bridgehead atoms. The van der Waals surface area contributed by atoms with E-state index in [-0.39, 0.29) is 0 Å². The van der Waals surface area contributed by atoms with Crippen LogP contribution in [0.4, 0.5) is 0 Å². The van der Waals surface area contributed by atoms with Crippen LogP contribution in [-0.2, 0) is 11.3 Å². The van der Waals surface area contributed by atoms with Crippen molar-refractivity contribution in [2.75, 3.05) is 7.11 Å². The zero-order valence-electron chi connectivity index (χ0n) is 10.2. The predicted octanol–water partition coefficient (Wildman–Crippen LogP) is 4.71. The summed E-state index contributed by atoms with van der Waals surface area (Å²) in [6.45, 7) is 0.661. The Bertz CT molecular complexity index is 655. The molecule has 0 spiro atoms. The fraction of sp³-hybridized carbons (Fsp3) is 0.125. The Hall–Kier alpha value is -1.64. The zero-order chi connectivity index (χ0) is 12.4. The van der Waals surface area contributed by atoms with E-state index in [1.807, 2.05) is 17.4 Å². The quantitative estimate of drug-likeness (QED) is 0.657. The normalized spacial score (nSPS) is 10.9. The van der Waals surface area contributed by atoms with Crippen molar-refractivity contribution < 1.29 is 4.74 Å². The van der Waals surface area contributed by atoms with Gasteiger partial charge in [-0.05, 0) is 17.0 Å². The summed E-state index contributed by atoms with van der Waals surface area (Å²) >= 11 is 1.84. The molecule has 3 rings (SSSR count). The fourth-order valence-corrected chi connectivity index (χ4v) is 3.42. The van der Waals surface area contributed by atoms with Crippen molar-refractivity contribution in [2.24, 2.45) is 0 Å². The van der Waals surface area contributed by atoms with Gasteiger partial charge in [-0.1, -0.05) is 48.5 Å². The lowest BCUT2D eigenvalue weighted by Crippen LogP contribution is -1.88. The van der Waals surface area contributed by atoms with Crippen molar-refractivity contribution in [3.05, 3.63) is 60.2 Å². The van der Waals surface area contributed by atoms with Crippen molar-refractivity contribution in [1.82, 2.24) is 0 Å². The van der Waals surface area contributed by atoms with Crippen LogP contribution in [0.3, 0.4) is 0 Å². The van der Waals surface area contributed by atoms with E-state index in [1.165, 1.54) is 26.1 Å². The van der Waals surface area contributed by atoms with Crippen LogP contribution < -0.4 is 0 Å². The summed E-state index contributed by atoms with van der Waals surface area (Å²) in [5.74, 6) is 0. The van der Waals surface area contributed by atoms with Gasteiger partial charge in [0.15, 0.2) is 0 Å². The Labute approximate surface area is 111 Å². The van der Waals surface area contributed by atoms with Crippen LogP contribution in [0, 0.1) is 0 Å². The van der Waals surface area contributed by atoms with Crippen LogP contribution in [0.1, 0.15) is 5.56 Å². The van der Waals surface area contributed by atoms with Crippen LogP contribution >= 0.6 is 11.3 Å². The number of hydrogen-bond acceptors (Lipinski definition) is 2. The Morgan fingerprint density at radius 1 is 0.944 bits per heavy atom. The second-order valence-corrected chi connectivity index (χ2v) is 5.26. The van der Waals surface area contributed by atoms with E-state index < -0.39 is 0 Å². The summed E-state index contributed by atoms with van der Waals surface area (Å²) in [5.41, 5.74) is 2.56. The van der Waals surface area contributed by atoms with Gasteiger partial charge in [0.1, 0.15) is 0 Å². The molecule has 1 nitrogen and oxygen atoms in total. The van der Waals surface area contributed by atoms with Crippen molar-refractivity contribution in [1.29, 1.82) is 0 Å². The molecule has 3 aromatic rings. The van der Waals surface area contributed by atoms with Gasteiger partial charge in [-0.15, -0.1) is 11.3 Å². The molecule has 0 saturated heterocycles. The molecule has 0 N–H and O–H groups in total. The number of benzene rings is 2. The number of rotatable bonds is 3. The molecule has 0 unspecified atom stereocenters. The Morgan fingerprint density at radius 3 is 2.44 bits per heavy atom. The molecule has 0 atom stereocenters. The van der Waals surface area contributed by atoms with Gasteiger partial charge in [-0.25, -0.2) is 0 Å². The third-order valence-corrected chi connectivity index (χ3v) is 4.29. The molecule has 0 fully saturated rings. The maximum atomic E-state index is 5.36. The Morgan fingerprint density at radius 2 is 1.67 bits per heavy atom. The molecule has 90 valence electrons. The summed E-state index contributed by atoms with van der Waals surface area (Å²) in [4.78, 5) is 1.32. The number of methoxy groups -OCH3 is 1. The molecule has 18 heavy (non-hydrogen) atoms. The van der Waals surface area contributed by atoms with Crippen molar-refractivity contribution in [3.8, 4) is 10.4 Å².